The number of hydrogen-bond acceptors (Lipinski definition) is 6. The van der Waals surface area contributed by atoms with Crippen LogP contribution < -0.4 is 4.90 Å². The molecule has 1 fully saturated rings. The standard InChI is InChI=1S/C25H25F3N6O/c1-33(15-17-3-2-5-29-14-17)16-23-31-22(13-24(32-23)34-7-9-35-10-8-34)20-11-18(25(26,27)28)12-21-19(20)4-6-30-21/h2-6,11-14,30H,7-10,15-16H2,1H3. The van der Waals surface area contributed by atoms with Gasteiger partial charge in [-0.2, -0.15) is 13.2 Å². The Morgan fingerprint density at radius 3 is 2.66 bits per heavy atom. The van der Waals surface area contributed by atoms with Crippen molar-refractivity contribution in [3.8, 4) is 11.3 Å². The Labute approximate surface area is 200 Å². The van der Waals surface area contributed by atoms with Gasteiger partial charge in [-0.05, 0) is 36.9 Å². The number of anilines is 1. The molecule has 10 heteroatoms. The van der Waals surface area contributed by atoms with E-state index in [0.717, 1.165) is 11.6 Å². The number of H-pyrrole nitrogens is 1. The minimum Gasteiger partial charge on any atom is -0.378 e. The van der Waals surface area contributed by atoms with Gasteiger partial charge in [-0.3, -0.25) is 9.88 Å². The number of nitrogens with one attached hydrogen (secondary N) is 1. The van der Waals surface area contributed by atoms with Gasteiger partial charge in [0.2, 0.25) is 0 Å². The predicted molar refractivity (Wildman–Crippen MR) is 127 cm³/mol. The fourth-order valence-corrected chi connectivity index (χ4v) is 4.29. The third-order valence-electron chi connectivity index (χ3n) is 5.95. The van der Waals surface area contributed by atoms with Crippen LogP contribution in [0.4, 0.5) is 19.0 Å². The minimum absolute atomic E-state index is 0.414. The van der Waals surface area contributed by atoms with Gasteiger partial charge < -0.3 is 14.6 Å². The summed E-state index contributed by atoms with van der Waals surface area (Å²) in [6.45, 7) is 3.52. The fraction of sp³-hybridized carbons (Fsp3) is 0.320. The van der Waals surface area contributed by atoms with Crippen molar-refractivity contribution < 1.29 is 17.9 Å². The molecule has 1 aliphatic rings. The van der Waals surface area contributed by atoms with Crippen LogP contribution in [-0.4, -0.2) is 58.2 Å². The molecule has 5 rings (SSSR count). The first-order valence-electron chi connectivity index (χ1n) is 11.3. The Kier molecular flexibility index (Phi) is 6.40. The maximum absolute atomic E-state index is 13.7. The van der Waals surface area contributed by atoms with Crippen molar-refractivity contribution in [2.75, 3.05) is 38.3 Å². The third kappa shape index (κ3) is 5.28. The van der Waals surface area contributed by atoms with Gasteiger partial charge in [0.1, 0.15) is 11.6 Å². The number of pyridine rings is 1. The summed E-state index contributed by atoms with van der Waals surface area (Å²) in [4.78, 5) is 20.7. The van der Waals surface area contributed by atoms with Gasteiger partial charge in [-0.25, -0.2) is 9.97 Å². The quantitative estimate of drug-likeness (QED) is 0.436. The maximum atomic E-state index is 13.7. The lowest BCUT2D eigenvalue weighted by Crippen LogP contribution is -2.37. The highest BCUT2D eigenvalue weighted by atomic mass is 19.4. The van der Waals surface area contributed by atoms with Crippen LogP contribution in [0.3, 0.4) is 0 Å². The Morgan fingerprint density at radius 2 is 1.91 bits per heavy atom. The van der Waals surface area contributed by atoms with Crippen molar-refractivity contribution in [1.82, 2.24) is 24.8 Å². The van der Waals surface area contributed by atoms with Gasteiger partial charge >= 0.3 is 6.18 Å². The molecule has 0 bridgehead atoms. The van der Waals surface area contributed by atoms with E-state index < -0.39 is 11.7 Å². The SMILES string of the molecule is CN(Cc1cccnc1)Cc1nc(-c2cc(C(F)(F)F)cc3[nH]ccc23)cc(N2CCOCC2)n1. The van der Waals surface area contributed by atoms with Crippen molar-refractivity contribution in [3.63, 3.8) is 0 Å². The highest BCUT2D eigenvalue weighted by Gasteiger charge is 2.32. The van der Waals surface area contributed by atoms with Gasteiger partial charge in [0.15, 0.2) is 0 Å². The molecule has 0 radical (unpaired) electrons. The summed E-state index contributed by atoms with van der Waals surface area (Å²) in [5.74, 6) is 1.22. The Morgan fingerprint density at radius 1 is 1.09 bits per heavy atom. The normalized spacial score (nSPS) is 14.7. The van der Waals surface area contributed by atoms with E-state index in [4.69, 9.17) is 14.7 Å². The second-order valence-electron chi connectivity index (χ2n) is 8.62. The van der Waals surface area contributed by atoms with Crippen molar-refractivity contribution in [2.24, 2.45) is 0 Å². The predicted octanol–water partition coefficient (Wildman–Crippen LogP) is 4.51. The second-order valence-corrected chi connectivity index (χ2v) is 8.62. The van der Waals surface area contributed by atoms with Gasteiger partial charge in [0, 0.05) is 60.8 Å². The Hall–Kier alpha value is -3.50. The minimum atomic E-state index is -4.47. The lowest BCUT2D eigenvalue weighted by molar-refractivity contribution is -0.137. The van der Waals surface area contributed by atoms with E-state index in [9.17, 15) is 13.2 Å². The van der Waals surface area contributed by atoms with E-state index in [0.29, 0.717) is 73.2 Å². The van der Waals surface area contributed by atoms with Crippen LogP contribution in [0.25, 0.3) is 22.2 Å². The van der Waals surface area contributed by atoms with E-state index in [1.807, 2.05) is 19.2 Å². The summed E-state index contributed by atoms with van der Waals surface area (Å²) >= 11 is 0. The fourth-order valence-electron chi connectivity index (χ4n) is 4.29. The molecule has 7 nitrogen and oxygen atoms in total. The molecule has 0 spiro atoms. The molecule has 0 aliphatic carbocycles. The largest absolute Gasteiger partial charge is 0.416 e. The average Bonchev–Trinajstić information content (AvgIpc) is 3.33. The van der Waals surface area contributed by atoms with Crippen LogP contribution in [0, 0.1) is 0 Å². The van der Waals surface area contributed by atoms with E-state index in [1.165, 1.54) is 6.07 Å². The lowest BCUT2D eigenvalue weighted by atomic mass is 10.0. The molecule has 4 heterocycles. The first-order chi connectivity index (χ1) is 16.9. The molecule has 4 aromatic rings. The number of morpholine rings is 1. The van der Waals surface area contributed by atoms with Crippen LogP contribution in [-0.2, 0) is 24.0 Å². The van der Waals surface area contributed by atoms with Crippen LogP contribution >= 0.6 is 0 Å². The highest BCUT2D eigenvalue weighted by molar-refractivity contribution is 5.95. The van der Waals surface area contributed by atoms with Crippen molar-refractivity contribution in [3.05, 3.63) is 71.9 Å². The van der Waals surface area contributed by atoms with E-state index >= 15 is 0 Å². The van der Waals surface area contributed by atoms with Crippen molar-refractivity contribution >= 4 is 16.7 Å². The molecule has 1 aromatic carbocycles. The molecule has 0 amide bonds. The molecular weight excluding hydrogens is 457 g/mol. The Balaban J connectivity index is 1.56. The van der Waals surface area contributed by atoms with Crippen LogP contribution in [0.2, 0.25) is 0 Å². The summed E-state index contributed by atoms with van der Waals surface area (Å²) in [6, 6.07) is 9.72. The summed E-state index contributed by atoms with van der Waals surface area (Å²) in [5, 5.41) is 0.680. The number of fused-ring (bicyclic) bond motifs is 1. The molecule has 1 N–H and O–H groups in total. The van der Waals surface area contributed by atoms with Crippen molar-refractivity contribution in [1.29, 1.82) is 0 Å². The number of nitrogens with zero attached hydrogens (tertiary/aromatic N) is 5. The number of rotatable bonds is 6. The summed E-state index contributed by atoms with van der Waals surface area (Å²) < 4.78 is 46.5. The first kappa shape index (κ1) is 23.3. The van der Waals surface area contributed by atoms with Gasteiger partial charge in [-0.1, -0.05) is 6.07 Å². The average molecular weight is 483 g/mol. The lowest BCUT2D eigenvalue weighted by Gasteiger charge is -2.28. The maximum Gasteiger partial charge on any atom is 0.416 e. The molecule has 0 unspecified atom stereocenters. The van der Waals surface area contributed by atoms with Gasteiger partial charge in [-0.15, -0.1) is 0 Å². The van der Waals surface area contributed by atoms with Crippen LogP contribution in [0.15, 0.2) is 55.0 Å². The topological polar surface area (TPSA) is 70.2 Å². The van der Waals surface area contributed by atoms with Gasteiger partial charge in [0.05, 0.1) is 31.0 Å². The zero-order valence-corrected chi connectivity index (χ0v) is 19.2. The number of alkyl halides is 3. The van der Waals surface area contributed by atoms with Crippen LogP contribution in [0.1, 0.15) is 17.0 Å². The molecule has 1 aliphatic heterocycles. The Bertz CT molecular complexity index is 1300. The van der Waals surface area contributed by atoms with Crippen molar-refractivity contribution in [2.45, 2.75) is 19.3 Å². The number of hydrogen-bond donors (Lipinski definition) is 1. The number of halogens is 3. The van der Waals surface area contributed by atoms with Crippen LogP contribution in [0.5, 0.6) is 0 Å². The molecule has 182 valence electrons. The first-order valence-corrected chi connectivity index (χ1v) is 11.3. The van der Waals surface area contributed by atoms with Gasteiger partial charge in [0.25, 0.3) is 0 Å². The molecule has 1 saturated heterocycles. The number of benzene rings is 1. The molecule has 0 saturated carbocycles. The number of ether oxygens (including phenoxy) is 1. The molecule has 3 aromatic heterocycles. The zero-order chi connectivity index (χ0) is 24.4. The monoisotopic (exact) mass is 482 g/mol. The molecular formula is C25H25F3N6O. The smallest absolute Gasteiger partial charge is 0.378 e. The summed E-state index contributed by atoms with van der Waals surface area (Å²) in [5.41, 5.74) is 1.62. The van der Waals surface area contributed by atoms with E-state index in [1.54, 1.807) is 30.7 Å². The second kappa shape index (κ2) is 9.63. The summed E-state index contributed by atoms with van der Waals surface area (Å²) in [6.07, 6.45) is 0.696. The molecule has 35 heavy (non-hydrogen) atoms. The summed E-state index contributed by atoms with van der Waals surface area (Å²) in [7, 11) is 1.95. The number of aromatic nitrogens is 4. The number of aromatic amines is 1. The van der Waals surface area contributed by atoms with E-state index in [2.05, 4.69) is 19.8 Å². The highest BCUT2D eigenvalue weighted by Crippen LogP contribution is 2.37. The third-order valence-corrected chi connectivity index (χ3v) is 5.95. The molecule has 0 atom stereocenters. The zero-order valence-electron chi connectivity index (χ0n) is 19.2. The van der Waals surface area contributed by atoms with E-state index in [-0.39, 0.29) is 0 Å².